The molecule has 0 amide bonds. The number of likely N-dealkylation sites (tertiary alicyclic amines) is 1. The average molecular weight is 410 g/mol. The Labute approximate surface area is 171 Å². The van der Waals surface area contributed by atoms with Gasteiger partial charge in [0.1, 0.15) is 5.82 Å². The van der Waals surface area contributed by atoms with Gasteiger partial charge in [0.25, 0.3) is 0 Å². The highest BCUT2D eigenvalue weighted by molar-refractivity contribution is 7.90. The molecule has 3 aromatic carbocycles. The first-order valence-corrected chi connectivity index (χ1v) is 11.7. The molecule has 1 heterocycles. The van der Waals surface area contributed by atoms with Crippen LogP contribution in [0.3, 0.4) is 0 Å². The number of sulfone groups is 1. The van der Waals surface area contributed by atoms with Gasteiger partial charge in [-0.3, -0.25) is 4.90 Å². The van der Waals surface area contributed by atoms with Gasteiger partial charge in [-0.2, -0.15) is 0 Å². The van der Waals surface area contributed by atoms with Crippen LogP contribution in [0, 0.1) is 11.7 Å². The lowest BCUT2D eigenvalue weighted by molar-refractivity contribution is 0.0655. The Balaban J connectivity index is 1.62. The Morgan fingerprint density at radius 3 is 1.83 bits per heavy atom. The predicted molar refractivity (Wildman–Crippen MR) is 114 cm³/mol. The van der Waals surface area contributed by atoms with Gasteiger partial charge in [0, 0.05) is 25.3 Å². The molecule has 1 fully saturated rings. The topological polar surface area (TPSA) is 37.4 Å². The molecular weight excluding hydrogens is 385 g/mol. The lowest BCUT2D eigenvalue weighted by Crippen LogP contribution is -2.52. The summed E-state index contributed by atoms with van der Waals surface area (Å²) in [5, 5.41) is -0.693. The molecule has 0 N–H and O–H groups in total. The van der Waals surface area contributed by atoms with Gasteiger partial charge in [0.05, 0.1) is 11.3 Å². The van der Waals surface area contributed by atoms with Crippen LogP contribution < -0.4 is 0 Å². The van der Waals surface area contributed by atoms with Crippen molar-refractivity contribution in [2.75, 3.05) is 19.3 Å². The van der Waals surface area contributed by atoms with E-state index in [0.29, 0.717) is 18.7 Å². The van der Waals surface area contributed by atoms with E-state index in [4.69, 9.17) is 0 Å². The summed E-state index contributed by atoms with van der Waals surface area (Å²) in [6.45, 7) is 1.28. The van der Waals surface area contributed by atoms with E-state index in [2.05, 4.69) is 29.2 Å². The number of nitrogens with zero attached hydrogens (tertiary/aromatic N) is 1. The van der Waals surface area contributed by atoms with Crippen molar-refractivity contribution in [2.45, 2.75) is 11.3 Å². The Bertz CT molecular complexity index is 1020. The van der Waals surface area contributed by atoms with Crippen LogP contribution in [-0.2, 0) is 9.84 Å². The standard InChI is InChI=1S/C24H24FNO2S/c1-29(27,28)24(20-13-8-14-22(25)15-20)21-16-26(17-21)23(18-9-4-2-5-10-18)19-11-6-3-7-12-19/h2-15,21,23-24H,16-17H2,1H3. The first-order chi connectivity index (χ1) is 13.9. The van der Waals surface area contributed by atoms with Crippen molar-refractivity contribution in [3.63, 3.8) is 0 Å². The van der Waals surface area contributed by atoms with E-state index in [1.165, 1.54) is 29.5 Å². The maximum absolute atomic E-state index is 13.7. The van der Waals surface area contributed by atoms with Crippen LogP contribution in [-0.4, -0.2) is 32.7 Å². The van der Waals surface area contributed by atoms with Crippen LogP contribution in [0.5, 0.6) is 0 Å². The zero-order valence-electron chi connectivity index (χ0n) is 16.3. The van der Waals surface area contributed by atoms with Crippen molar-refractivity contribution >= 4 is 9.84 Å². The van der Waals surface area contributed by atoms with Gasteiger partial charge in [-0.15, -0.1) is 0 Å². The molecule has 3 nitrogen and oxygen atoms in total. The lowest BCUT2D eigenvalue weighted by Gasteiger charge is -2.47. The third-order valence-corrected chi connectivity index (χ3v) is 7.18. The molecule has 1 saturated heterocycles. The summed E-state index contributed by atoms with van der Waals surface area (Å²) >= 11 is 0. The molecular formula is C24H24FNO2S. The summed E-state index contributed by atoms with van der Waals surface area (Å²) in [4.78, 5) is 2.30. The highest BCUT2D eigenvalue weighted by Crippen LogP contribution is 2.41. The molecule has 0 radical (unpaired) electrons. The molecule has 3 aromatic rings. The largest absolute Gasteiger partial charge is 0.292 e. The van der Waals surface area contributed by atoms with E-state index in [-0.39, 0.29) is 12.0 Å². The van der Waals surface area contributed by atoms with Crippen molar-refractivity contribution < 1.29 is 12.8 Å². The van der Waals surface area contributed by atoms with Crippen LogP contribution in [0.25, 0.3) is 0 Å². The number of rotatable bonds is 6. The molecule has 150 valence electrons. The molecule has 0 aliphatic carbocycles. The fourth-order valence-corrected chi connectivity index (χ4v) is 5.90. The van der Waals surface area contributed by atoms with Gasteiger partial charge < -0.3 is 0 Å². The van der Waals surface area contributed by atoms with Gasteiger partial charge in [-0.1, -0.05) is 72.8 Å². The van der Waals surface area contributed by atoms with Crippen LogP contribution in [0.4, 0.5) is 4.39 Å². The fourth-order valence-electron chi connectivity index (χ4n) is 4.39. The maximum Gasteiger partial charge on any atom is 0.154 e. The molecule has 1 aliphatic heterocycles. The minimum Gasteiger partial charge on any atom is -0.292 e. The first kappa shape index (κ1) is 19.8. The fraction of sp³-hybridized carbons (Fsp3) is 0.250. The maximum atomic E-state index is 13.7. The lowest BCUT2D eigenvalue weighted by atomic mass is 9.86. The van der Waals surface area contributed by atoms with E-state index in [9.17, 15) is 12.8 Å². The SMILES string of the molecule is CS(=O)(=O)C(c1cccc(F)c1)C1CN(C(c2ccccc2)c2ccccc2)C1. The van der Waals surface area contributed by atoms with Gasteiger partial charge in [0.2, 0.25) is 0 Å². The second-order valence-electron chi connectivity index (χ2n) is 7.74. The smallest absolute Gasteiger partial charge is 0.154 e. The number of benzene rings is 3. The Hall–Kier alpha value is -2.50. The minimum absolute atomic E-state index is 0.0678. The Morgan fingerprint density at radius 1 is 0.828 bits per heavy atom. The molecule has 0 spiro atoms. The van der Waals surface area contributed by atoms with Crippen LogP contribution in [0.15, 0.2) is 84.9 Å². The molecule has 5 heteroatoms. The van der Waals surface area contributed by atoms with E-state index in [0.717, 1.165) is 0 Å². The van der Waals surface area contributed by atoms with Gasteiger partial charge in [0.15, 0.2) is 9.84 Å². The highest BCUT2D eigenvalue weighted by atomic mass is 32.2. The Kier molecular flexibility index (Phi) is 5.52. The highest BCUT2D eigenvalue weighted by Gasteiger charge is 2.42. The summed E-state index contributed by atoms with van der Waals surface area (Å²) < 4.78 is 38.8. The summed E-state index contributed by atoms with van der Waals surface area (Å²) in [7, 11) is -3.37. The number of hydrogen-bond donors (Lipinski definition) is 0. The van der Waals surface area contributed by atoms with Crippen LogP contribution in [0.1, 0.15) is 28.0 Å². The quantitative estimate of drug-likeness (QED) is 0.596. The van der Waals surface area contributed by atoms with E-state index < -0.39 is 20.9 Å². The molecule has 1 aliphatic rings. The van der Waals surface area contributed by atoms with Crippen molar-refractivity contribution in [2.24, 2.45) is 5.92 Å². The van der Waals surface area contributed by atoms with Gasteiger partial charge in [-0.25, -0.2) is 12.8 Å². The molecule has 0 saturated carbocycles. The van der Waals surface area contributed by atoms with Crippen molar-refractivity contribution in [1.29, 1.82) is 0 Å². The normalized spacial score (nSPS) is 16.5. The summed E-state index contributed by atoms with van der Waals surface area (Å²) in [6, 6.07) is 26.5. The van der Waals surface area contributed by atoms with E-state index >= 15 is 0 Å². The molecule has 1 unspecified atom stereocenters. The molecule has 0 aromatic heterocycles. The van der Waals surface area contributed by atoms with Gasteiger partial charge >= 0.3 is 0 Å². The molecule has 1 atom stereocenters. The molecule has 0 bridgehead atoms. The van der Waals surface area contributed by atoms with Crippen molar-refractivity contribution in [1.82, 2.24) is 4.90 Å². The summed E-state index contributed by atoms with van der Waals surface area (Å²) in [5.41, 5.74) is 2.89. The first-order valence-electron chi connectivity index (χ1n) is 9.72. The van der Waals surface area contributed by atoms with E-state index in [1.807, 2.05) is 36.4 Å². The Morgan fingerprint density at radius 2 is 1.34 bits per heavy atom. The summed E-state index contributed by atoms with van der Waals surface area (Å²) in [6.07, 6.45) is 1.25. The summed E-state index contributed by atoms with van der Waals surface area (Å²) in [5.74, 6) is -0.472. The van der Waals surface area contributed by atoms with Crippen LogP contribution in [0.2, 0.25) is 0 Å². The molecule has 29 heavy (non-hydrogen) atoms. The monoisotopic (exact) mass is 409 g/mol. The number of halogens is 1. The van der Waals surface area contributed by atoms with Crippen molar-refractivity contribution in [3.8, 4) is 0 Å². The minimum atomic E-state index is -3.37. The zero-order chi connectivity index (χ0) is 20.4. The van der Waals surface area contributed by atoms with E-state index in [1.54, 1.807) is 12.1 Å². The van der Waals surface area contributed by atoms with Crippen LogP contribution >= 0.6 is 0 Å². The molecule has 4 rings (SSSR count). The number of hydrogen-bond acceptors (Lipinski definition) is 3. The second-order valence-corrected chi connectivity index (χ2v) is 9.91. The predicted octanol–water partition coefficient (Wildman–Crippen LogP) is 4.63. The van der Waals surface area contributed by atoms with Crippen molar-refractivity contribution in [3.05, 3.63) is 107 Å². The zero-order valence-corrected chi connectivity index (χ0v) is 17.1. The second kappa shape index (κ2) is 8.09. The average Bonchev–Trinajstić information content (AvgIpc) is 2.67. The van der Waals surface area contributed by atoms with Gasteiger partial charge in [-0.05, 0) is 28.8 Å². The third kappa shape index (κ3) is 4.26. The third-order valence-electron chi connectivity index (χ3n) is 5.60.